The van der Waals surface area contributed by atoms with Crippen LogP contribution in [0.4, 0.5) is 0 Å². The minimum Gasteiger partial charge on any atom is -0.373 e. The lowest BCUT2D eigenvalue weighted by atomic mass is 10.2. The first kappa shape index (κ1) is 12.9. The van der Waals surface area contributed by atoms with Crippen LogP contribution in [0.15, 0.2) is 0 Å². The third-order valence-corrected chi connectivity index (χ3v) is 2.83. The summed E-state index contributed by atoms with van der Waals surface area (Å²) < 4.78 is 20.6. The van der Waals surface area contributed by atoms with Crippen LogP contribution in [-0.2, 0) is 18.9 Å². The zero-order valence-electron chi connectivity index (χ0n) is 10.1. The molecule has 0 bridgehead atoms. The fourth-order valence-electron chi connectivity index (χ4n) is 1.26. The van der Waals surface area contributed by atoms with E-state index in [1.165, 1.54) is 0 Å². The van der Waals surface area contributed by atoms with Crippen LogP contribution in [0.2, 0.25) is 0 Å². The van der Waals surface area contributed by atoms with Gasteiger partial charge in [0.25, 0.3) is 0 Å². The minimum absolute atomic E-state index is 0.281. The van der Waals surface area contributed by atoms with E-state index in [1.54, 1.807) is 0 Å². The Labute approximate surface area is 91.8 Å². The van der Waals surface area contributed by atoms with Crippen LogP contribution in [0.25, 0.3) is 0 Å². The van der Waals surface area contributed by atoms with Gasteiger partial charge in [-0.25, -0.2) is 0 Å². The molecule has 2 aliphatic heterocycles. The van der Waals surface area contributed by atoms with Crippen molar-refractivity contribution >= 4 is 0 Å². The summed E-state index contributed by atoms with van der Waals surface area (Å²) in [6, 6.07) is 0. The average Bonchev–Trinajstić information content (AvgIpc) is 2.57. The van der Waals surface area contributed by atoms with Crippen LogP contribution in [-0.4, -0.2) is 44.4 Å². The first-order valence-corrected chi connectivity index (χ1v) is 5.57. The summed E-state index contributed by atoms with van der Waals surface area (Å²) in [4.78, 5) is 0. The Morgan fingerprint density at radius 2 is 0.933 bits per heavy atom. The summed E-state index contributed by atoms with van der Waals surface area (Å²) in [5, 5.41) is 0. The normalized spacial score (nSPS) is 40.8. The van der Waals surface area contributed by atoms with Gasteiger partial charge >= 0.3 is 0 Å². The second-order valence-corrected chi connectivity index (χ2v) is 4.01. The summed E-state index contributed by atoms with van der Waals surface area (Å²) in [5.74, 6) is 0. The molecular weight excluding hydrogens is 196 g/mol. The van der Waals surface area contributed by atoms with Crippen molar-refractivity contribution in [3.05, 3.63) is 0 Å². The molecule has 2 rings (SSSR count). The van der Waals surface area contributed by atoms with Crippen LogP contribution in [0, 0.1) is 0 Å². The van der Waals surface area contributed by atoms with E-state index in [-0.39, 0.29) is 12.2 Å². The van der Waals surface area contributed by atoms with Crippen molar-refractivity contribution in [2.45, 2.75) is 52.1 Å². The molecule has 0 aromatic rings. The molecule has 0 N–H and O–H groups in total. The maximum Gasteiger partial charge on any atom is 0.147 e. The molecule has 0 aromatic carbocycles. The van der Waals surface area contributed by atoms with E-state index in [2.05, 4.69) is 0 Å². The number of hydrogen-bond donors (Lipinski definition) is 0. The van der Waals surface area contributed by atoms with Crippen molar-refractivity contribution < 1.29 is 18.9 Å². The van der Waals surface area contributed by atoms with Gasteiger partial charge in [0.1, 0.15) is 6.79 Å². The van der Waals surface area contributed by atoms with E-state index in [0.717, 1.165) is 13.2 Å². The van der Waals surface area contributed by atoms with Gasteiger partial charge in [0.15, 0.2) is 0 Å². The number of ether oxygens (including phenoxy) is 4. The highest BCUT2D eigenvalue weighted by Gasteiger charge is 2.19. The molecule has 2 saturated heterocycles. The lowest BCUT2D eigenvalue weighted by Gasteiger charge is -2.25. The SMILES string of the molecule is C[C@@H]1OCCO[C@@H]1C.C[C@@H]1OCO[C@@H]1C. The fraction of sp³-hybridized carbons (Fsp3) is 1.00. The third-order valence-electron chi connectivity index (χ3n) is 2.83. The highest BCUT2D eigenvalue weighted by molar-refractivity contribution is 4.63. The maximum atomic E-state index is 5.27. The van der Waals surface area contributed by atoms with Crippen LogP contribution < -0.4 is 0 Å². The molecule has 2 heterocycles. The van der Waals surface area contributed by atoms with Gasteiger partial charge in [0.2, 0.25) is 0 Å². The van der Waals surface area contributed by atoms with Gasteiger partial charge in [-0.2, -0.15) is 0 Å². The van der Waals surface area contributed by atoms with Crippen molar-refractivity contribution in [3.63, 3.8) is 0 Å². The van der Waals surface area contributed by atoms with Gasteiger partial charge in [0.05, 0.1) is 37.6 Å². The van der Waals surface area contributed by atoms with E-state index in [0.29, 0.717) is 19.0 Å². The fourth-order valence-corrected chi connectivity index (χ4v) is 1.26. The van der Waals surface area contributed by atoms with E-state index in [1.807, 2.05) is 27.7 Å². The molecule has 2 aliphatic rings. The third kappa shape index (κ3) is 4.47. The average molecular weight is 218 g/mol. The Hall–Kier alpha value is -0.160. The van der Waals surface area contributed by atoms with E-state index in [9.17, 15) is 0 Å². The molecule has 0 unspecified atom stereocenters. The molecule has 2 fully saturated rings. The Morgan fingerprint density at radius 3 is 1.13 bits per heavy atom. The van der Waals surface area contributed by atoms with Crippen molar-refractivity contribution in [1.29, 1.82) is 0 Å². The predicted molar refractivity (Wildman–Crippen MR) is 56.8 cm³/mol. The second-order valence-electron chi connectivity index (χ2n) is 4.01. The largest absolute Gasteiger partial charge is 0.373 e. The van der Waals surface area contributed by atoms with Gasteiger partial charge in [-0.1, -0.05) is 0 Å². The topological polar surface area (TPSA) is 36.9 Å². The van der Waals surface area contributed by atoms with E-state index in [4.69, 9.17) is 18.9 Å². The highest BCUT2D eigenvalue weighted by atomic mass is 16.7. The Bertz CT molecular complexity index is 156. The van der Waals surface area contributed by atoms with Crippen LogP contribution in [0.3, 0.4) is 0 Å². The van der Waals surface area contributed by atoms with Gasteiger partial charge in [-0.15, -0.1) is 0 Å². The standard InChI is InChI=1S/C6H12O2.C5H10O2/c1-5-6(2)8-4-3-7-5;1-4-5(2)7-3-6-4/h5-6H,3-4H2,1-2H3;4-5H,3H2,1-2H3/t5-,6+;4-,5+. The molecule has 0 spiro atoms. The molecule has 0 saturated carbocycles. The highest BCUT2D eigenvalue weighted by Crippen LogP contribution is 2.09. The van der Waals surface area contributed by atoms with Gasteiger partial charge in [-0.05, 0) is 27.7 Å². The summed E-state index contributed by atoms with van der Waals surface area (Å²) in [6.07, 6.45) is 1.15. The van der Waals surface area contributed by atoms with Crippen LogP contribution >= 0.6 is 0 Å². The number of rotatable bonds is 0. The van der Waals surface area contributed by atoms with Crippen molar-refractivity contribution in [3.8, 4) is 0 Å². The van der Waals surface area contributed by atoms with E-state index >= 15 is 0 Å². The first-order valence-electron chi connectivity index (χ1n) is 5.57. The monoisotopic (exact) mass is 218 g/mol. The molecule has 0 amide bonds. The second kappa shape index (κ2) is 6.43. The summed E-state index contributed by atoms with van der Waals surface area (Å²) in [5.41, 5.74) is 0. The number of hydrogen-bond acceptors (Lipinski definition) is 4. The maximum absolute atomic E-state index is 5.27. The summed E-state index contributed by atoms with van der Waals surface area (Å²) in [7, 11) is 0. The van der Waals surface area contributed by atoms with Crippen molar-refractivity contribution in [2.75, 3.05) is 20.0 Å². The Balaban J connectivity index is 0.000000151. The molecule has 0 aromatic heterocycles. The summed E-state index contributed by atoms with van der Waals surface area (Å²) >= 11 is 0. The van der Waals surface area contributed by atoms with Gasteiger partial charge in [-0.3, -0.25) is 0 Å². The minimum atomic E-state index is 0.281. The zero-order valence-corrected chi connectivity index (χ0v) is 10.1. The molecule has 90 valence electrons. The smallest absolute Gasteiger partial charge is 0.147 e. The van der Waals surface area contributed by atoms with Gasteiger partial charge < -0.3 is 18.9 Å². The molecule has 4 atom stereocenters. The van der Waals surface area contributed by atoms with E-state index < -0.39 is 0 Å². The van der Waals surface area contributed by atoms with Crippen LogP contribution in [0.5, 0.6) is 0 Å². The zero-order chi connectivity index (χ0) is 11.3. The van der Waals surface area contributed by atoms with Crippen LogP contribution in [0.1, 0.15) is 27.7 Å². The molecule has 15 heavy (non-hydrogen) atoms. The predicted octanol–water partition coefficient (Wildman–Crippen LogP) is 1.58. The molecular formula is C11H22O4. The molecule has 4 heteroatoms. The van der Waals surface area contributed by atoms with Crippen molar-refractivity contribution in [2.24, 2.45) is 0 Å². The molecule has 4 nitrogen and oxygen atoms in total. The summed E-state index contributed by atoms with van der Waals surface area (Å²) in [6.45, 7) is 10.1. The molecule has 0 radical (unpaired) electrons. The Morgan fingerprint density at radius 1 is 0.600 bits per heavy atom. The Kier molecular flexibility index (Phi) is 5.53. The lowest BCUT2D eigenvalue weighted by molar-refractivity contribution is -0.124. The van der Waals surface area contributed by atoms with Crippen molar-refractivity contribution in [1.82, 2.24) is 0 Å². The van der Waals surface area contributed by atoms with Gasteiger partial charge in [0, 0.05) is 0 Å². The molecule has 0 aliphatic carbocycles. The lowest BCUT2D eigenvalue weighted by Crippen LogP contribution is -2.33. The quantitative estimate of drug-likeness (QED) is 0.618. The first-order chi connectivity index (χ1) is 7.11.